The number of aromatic nitrogens is 1. The largest absolute Gasteiger partial charge is 0.484 e. The topological polar surface area (TPSA) is 54.4 Å². The number of benzene rings is 1. The first-order valence-corrected chi connectivity index (χ1v) is 6.42. The van der Waals surface area contributed by atoms with E-state index in [1.807, 2.05) is 30.3 Å². The molecule has 1 aromatic carbocycles. The van der Waals surface area contributed by atoms with Crippen LogP contribution in [0.25, 0.3) is 0 Å². The van der Waals surface area contributed by atoms with Crippen LogP contribution in [0.3, 0.4) is 0 Å². The number of nitrogens with zero attached hydrogens (tertiary/aromatic N) is 1. The van der Waals surface area contributed by atoms with Gasteiger partial charge in [0.05, 0.1) is 18.5 Å². The molecule has 4 nitrogen and oxygen atoms in total. The molecular weight excluding hydrogens is 259 g/mol. The van der Waals surface area contributed by atoms with E-state index in [2.05, 4.69) is 10.3 Å². The Labute approximate surface area is 117 Å². The van der Waals surface area contributed by atoms with Gasteiger partial charge in [-0.3, -0.25) is 4.98 Å². The number of rotatable bonds is 7. The minimum absolute atomic E-state index is 0.0424. The predicted octanol–water partition coefficient (Wildman–Crippen LogP) is 1.88. The molecule has 0 saturated heterocycles. The van der Waals surface area contributed by atoms with Crippen molar-refractivity contribution in [3.8, 4) is 5.75 Å². The van der Waals surface area contributed by atoms with Gasteiger partial charge < -0.3 is 15.2 Å². The highest BCUT2D eigenvalue weighted by molar-refractivity contribution is 5.23. The van der Waals surface area contributed by atoms with Crippen LogP contribution in [0.4, 0.5) is 4.39 Å². The maximum absolute atomic E-state index is 13.8. The molecule has 0 atom stereocenters. The van der Waals surface area contributed by atoms with Gasteiger partial charge in [0.1, 0.15) is 6.61 Å². The lowest BCUT2D eigenvalue weighted by atomic mass is 10.2. The summed E-state index contributed by atoms with van der Waals surface area (Å²) in [4.78, 5) is 4.11. The van der Waals surface area contributed by atoms with Gasteiger partial charge in [-0.25, -0.2) is 4.39 Å². The molecule has 0 saturated carbocycles. The Morgan fingerprint density at radius 1 is 1.25 bits per heavy atom. The van der Waals surface area contributed by atoms with Gasteiger partial charge in [-0.05, 0) is 5.56 Å². The SMILES string of the molecule is OCCNCc1cc(F)c(OCc2ccccc2)cn1. The minimum atomic E-state index is -0.434. The number of hydrogen-bond acceptors (Lipinski definition) is 4. The quantitative estimate of drug-likeness (QED) is 0.758. The van der Waals surface area contributed by atoms with Crippen LogP contribution in [0.15, 0.2) is 42.6 Å². The number of ether oxygens (including phenoxy) is 1. The lowest BCUT2D eigenvalue weighted by Crippen LogP contribution is -2.18. The van der Waals surface area contributed by atoms with Gasteiger partial charge in [0.15, 0.2) is 11.6 Å². The van der Waals surface area contributed by atoms with Crippen molar-refractivity contribution in [2.24, 2.45) is 0 Å². The number of pyridine rings is 1. The number of halogens is 1. The van der Waals surface area contributed by atoms with Crippen LogP contribution < -0.4 is 10.1 Å². The molecule has 5 heteroatoms. The molecule has 106 valence electrons. The summed E-state index contributed by atoms with van der Waals surface area (Å²) in [6.45, 7) is 1.22. The summed E-state index contributed by atoms with van der Waals surface area (Å²) in [6.07, 6.45) is 1.38. The van der Waals surface area contributed by atoms with E-state index >= 15 is 0 Å². The molecular formula is C15H17FN2O2. The van der Waals surface area contributed by atoms with Gasteiger partial charge >= 0.3 is 0 Å². The van der Waals surface area contributed by atoms with Crippen LogP contribution in [0, 0.1) is 5.82 Å². The Morgan fingerprint density at radius 3 is 2.75 bits per heavy atom. The second kappa shape index (κ2) is 7.57. The van der Waals surface area contributed by atoms with E-state index < -0.39 is 5.82 Å². The van der Waals surface area contributed by atoms with Gasteiger partial charge in [-0.15, -0.1) is 0 Å². The fourth-order valence-electron chi connectivity index (χ4n) is 1.69. The summed E-state index contributed by atoms with van der Waals surface area (Å²) in [5, 5.41) is 11.6. The van der Waals surface area contributed by atoms with Crippen molar-refractivity contribution >= 4 is 0 Å². The van der Waals surface area contributed by atoms with Crippen LogP contribution >= 0.6 is 0 Å². The Kier molecular flexibility index (Phi) is 5.46. The van der Waals surface area contributed by atoms with E-state index in [1.54, 1.807) is 0 Å². The summed E-state index contributed by atoms with van der Waals surface area (Å²) in [5.74, 6) is -0.295. The first kappa shape index (κ1) is 14.4. The molecule has 1 aromatic heterocycles. The highest BCUT2D eigenvalue weighted by Crippen LogP contribution is 2.17. The number of hydrogen-bond donors (Lipinski definition) is 2. The molecule has 0 unspecified atom stereocenters. The fraction of sp³-hybridized carbons (Fsp3) is 0.267. The predicted molar refractivity (Wildman–Crippen MR) is 73.8 cm³/mol. The van der Waals surface area contributed by atoms with Crippen molar-refractivity contribution in [3.05, 3.63) is 59.7 Å². The molecule has 0 amide bonds. The van der Waals surface area contributed by atoms with Crippen molar-refractivity contribution in [2.45, 2.75) is 13.2 Å². The van der Waals surface area contributed by atoms with E-state index in [-0.39, 0.29) is 12.4 Å². The van der Waals surface area contributed by atoms with E-state index in [0.717, 1.165) is 5.56 Å². The standard InChI is InChI=1S/C15H17FN2O2/c16-14-8-13(9-17-6-7-19)18-10-15(14)20-11-12-4-2-1-3-5-12/h1-5,8,10,17,19H,6-7,9,11H2. The normalized spacial score (nSPS) is 10.5. The summed E-state index contributed by atoms with van der Waals surface area (Å²) in [5.41, 5.74) is 1.55. The smallest absolute Gasteiger partial charge is 0.173 e. The third kappa shape index (κ3) is 4.29. The van der Waals surface area contributed by atoms with Crippen LogP contribution in [-0.4, -0.2) is 23.2 Å². The zero-order chi connectivity index (χ0) is 14.2. The molecule has 0 bridgehead atoms. The monoisotopic (exact) mass is 276 g/mol. The summed E-state index contributed by atoms with van der Waals surface area (Å²) in [7, 11) is 0. The van der Waals surface area contributed by atoms with Crippen molar-refractivity contribution in [2.75, 3.05) is 13.2 Å². The Balaban J connectivity index is 1.92. The average Bonchev–Trinajstić information content (AvgIpc) is 2.48. The van der Waals surface area contributed by atoms with E-state index in [0.29, 0.717) is 25.4 Å². The lowest BCUT2D eigenvalue weighted by Gasteiger charge is -2.08. The number of aliphatic hydroxyl groups is 1. The highest BCUT2D eigenvalue weighted by atomic mass is 19.1. The summed E-state index contributed by atoms with van der Waals surface area (Å²) < 4.78 is 19.2. The van der Waals surface area contributed by atoms with E-state index in [4.69, 9.17) is 9.84 Å². The van der Waals surface area contributed by atoms with Gasteiger partial charge in [-0.2, -0.15) is 0 Å². The number of nitrogens with one attached hydrogen (secondary N) is 1. The van der Waals surface area contributed by atoms with Crippen LogP contribution in [0.1, 0.15) is 11.3 Å². The molecule has 0 aliphatic rings. The maximum Gasteiger partial charge on any atom is 0.173 e. The van der Waals surface area contributed by atoms with Crippen molar-refractivity contribution in [1.29, 1.82) is 0 Å². The summed E-state index contributed by atoms with van der Waals surface area (Å²) in [6, 6.07) is 10.9. The maximum atomic E-state index is 13.8. The average molecular weight is 276 g/mol. The lowest BCUT2D eigenvalue weighted by molar-refractivity contribution is 0.287. The first-order valence-electron chi connectivity index (χ1n) is 6.42. The third-order valence-corrected chi connectivity index (χ3v) is 2.71. The zero-order valence-electron chi connectivity index (χ0n) is 11.1. The van der Waals surface area contributed by atoms with E-state index in [1.165, 1.54) is 12.3 Å². The molecule has 1 heterocycles. The minimum Gasteiger partial charge on any atom is -0.484 e. The van der Waals surface area contributed by atoms with Crippen molar-refractivity contribution < 1.29 is 14.2 Å². The van der Waals surface area contributed by atoms with Crippen LogP contribution in [0.2, 0.25) is 0 Å². The molecule has 2 N–H and O–H groups in total. The zero-order valence-corrected chi connectivity index (χ0v) is 11.1. The summed E-state index contributed by atoms with van der Waals surface area (Å²) >= 11 is 0. The molecule has 2 rings (SSSR count). The molecule has 0 aliphatic carbocycles. The van der Waals surface area contributed by atoms with Crippen molar-refractivity contribution in [3.63, 3.8) is 0 Å². The first-order chi connectivity index (χ1) is 9.79. The molecule has 0 radical (unpaired) electrons. The third-order valence-electron chi connectivity index (χ3n) is 2.71. The van der Waals surface area contributed by atoms with Crippen LogP contribution in [-0.2, 0) is 13.2 Å². The van der Waals surface area contributed by atoms with Crippen LogP contribution in [0.5, 0.6) is 5.75 Å². The second-order valence-electron chi connectivity index (χ2n) is 4.28. The molecule has 2 aromatic rings. The molecule has 20 heavy (non-hydrogen) atoms. The van der Waals surface area contributed by atoms with Gasteiger partial charge in [0, 0.05) is 19.2 Å². The number of aliphatic hydroxyl groups excluding tert-OH is 1. The Hall–Kier alpha value is -1.98. The van der Waals surface area contributed by atoms with E-state index in [9.17, 15) is 4.39 Å². The van der Waals surface area contributed by atoms with Gasteiger partial charge in [0.2, 0.25) is 0 Å². The van der Waals surface area contributed by atoms with Crippen molar-refractivity contribution in [1.82, 2.24) is 10.3 Å². The Morgan fingerprint density at radius 2 is 2.05 bits per heavy atom. The Bertz CT molecular complexity index is 535. The molecule has 0 spiro atoms. The molecule has 0 fully saturated rings. The molecule has 0 aliphatic heterocycles. The fourth-order valence-corrected chi connectivity index (χ4v) is 1.69. The van der Waals surface area contributed by atoms with Gasteiger partial charge in [-0.1, -0.05) is 30.3 Å². The highest BCUT2D eigenvalue weighted by Gasteiger charge is 2.06. The second-order valence-corrected chi connectivity index (χ2v) is 4.28. The van der Waals surface area contributed by atoms with Gasteiger partial charge in [0.25, 0.3) is 0 Å².